The van der Waals surface area contributed by atoms with Gasteiger partial charge in [-0.3, -0.25) is 4.90 Å². The second-order valence-electron chi connectivity index (χ2n) is 16.5. The fraction of sp³-hybridized carbons (Fsp3) is 0.976. The lowest BCUT2D eigenvalue weighted by Gasteiger charge is -2.35. The van der Waals surface area contributed by atoms with E-state index in [1.807, 2.05) is 21.1 Å². The van der Waals surface area contributed by atoms with Crippen molar-refractivity contribution in [2.24, 2.45) is 0 Å². The summed E-state index contributed by atoms with van der Waals surface area (Å²) < 4.78 is 34.1. The largest absolute Gasteiger partial charge is 0.748 e. The van der Waals surface area contributed by atoms with E-state index in [1.165, 1.54) is 180 Å². The van der Waals surface area contributed by atoms with Crippen molar-refractivity contribution in [3.63, 3.8) is 0 Å². The summed E-state index contributed by atoms with van der Waals surface area (Å²) in [6.07, 6.45) is 38.5. The number of nitrogens with zero attached hydrogens (tertiary/aromatic N) is 2. The van der Waals surface area contributed by atoms with Crippen LogP contribution in [0.25, 0.3) is 0 Å². The van der Waals surface area contributed by atoms with Crippen LogP contribution in [0, 0.1) is 0 Å². The summed E-state index contributed by atoms with van der Waals surface area (Å²) in [5.74, 6) is -0.988. The molecule has 302 valence electrons. The van der Waals surface area contributed by atoms with Gasteiger partial charge in [0.25, 0.3) is 0 Å². The van der Waals surface area contributed by atoms with Crippen LogP contribution in [0.15, 0.2) is 0 Å². The van der Waals surface area contributed by atoms with Gasteiger partial charge in [-0.05, 0) is 39.7 Å². The van der Waals surface area contributed by atoms with E-state index in [1.54, 1.807) is 0 Å². The normalized spacial score (nSPS) is 13.3. The van der Waals surface area contributed by atoms with Crippen molar-refractivity contribution in [3.8, 4) is 0 Å². The summed E-state index contributed by atoms with van der Waals surface area (Å²) >= 11 is 0. The first-order valence-corrected chi connectivity index (χ1v) is 23.0. The molecule has 0 aromatic carbocycles. The van der Waals surface area contributed by atoms with Crippen molar-refractivity contribution in [2.75, 3.05) is 40.0 Å². The van der Waals surface area contributed by atoms with Crippen molar-refractivity contribution in [1.29, 1.82) is 0 Å². The van der Waals surface area contributed by atoms with Crippen LogP contribution in [0.1, 0.15) is 214 Å². The highest BCUT2D eigenvalue weighted by Crippen LogP contribution is 2.20. The first kappa shape index (κ1) is 51.4. The number of unbranched alkanes of at least 4 members (excludes halogenated alkanes) is 24. The van der Waals surface area contributed by atoms with E-state index < -0.39 is 16.1 Å². The predicted molar refractivity (Wildman–Crippen MR) is 216 cm³/mol. The van der Waals surface area contributed by atoms with Gasteiger partial charge in [0.15, 0.2) is 6.54 Å². The van der Waals surface area contributed by atoms with Gasteiger partial charge in [-0.1, -0.05) is 181 Å². The van der Waals surface area contributed by atoms with Crippen LogP contribution in [0.2, 0.25) is 0 Å². The summed E-state index contributed by atoms with van der Waals surface area (Å²) in [6, 6.07) is 0.896. The van der Waals surface area contributed by atoms with Crippen LogP contribution >= 0.6 is 0 Å². The summed E-state index contributed by atoms with van der Waals surface area (Å²) in [5, 5.41) is 8.23. The zero-order valence-electron chi connectivity index (χ0n) is 34.7. The molecule has 0 radical (unpaired) electrons. The number of quaternary nitrogens is 1. The van der Waals surface area contributed by atoms with Gasteiger partial charge in [0, 0.05) is 17.8 Å². The Bertz CT molecular complexity index is 794. The molecular weight excluding hydrogens is 645 g/mol. The van der Waals surface area contributed by atoms with Crippen LogP contribution in [-0.2, 0) is 14.9 Å². The molecule has 0 aliphatic rings. The predicted octanol–water partition coefficient (Wildman–Crippen LogP) is 11.7. The Labute approximate surface area is 313 Å². The molecule has 2 unspecified atom stereocenters. The Morgan fingerprint density at radius 1 is 0.560 bits per heavy atom. The number of carboxylic acid groups (broad SMARTS) is 1. The maximum Gasteiger partial charge on any atom is 0.359 e. The zero-order valence-corrected chi connectivity index (χ0v) is 35.5. The standard InChI is InChI=1S/C37H77NO3S.C5H11NO2/c1-5-7-9-11-13-15-17-19-21-23-25-27-29-32-36(3)38(34-31-35-42(39,40)41)37(4)33-30-28-26-24-22-20-18-16-14-12-10-8-6-2;1-6(2,3)4-5(7)8/h36-37H,5-35H2,1-4H3,(H,39,40,41);4H2,1-3H3. The molecule has 0 bridgehead atoms. The monoisotopic (exact) mass is 733 g/mol. The molecule has 0 aromatic rings. The first-order chi connectivity index (χ1) is 23.7. The molecule has 0 aliphatic heterocycles. The Balaban J connectivity index is 0. The van der Waals surface area contributed by atoms with E-state index in [9.17, 15) is 17.8 Å². The van der Waals surface area contributed by atoms with Crippen LogP contribution < -0.4 is 0 Å². The number of carbonyl (C=O) groups is 1. The van der Waals surface area contributed by atoms with E-state index in [0.717, 1.165) is 6.54 Å². The Kier molecular flexibility index (Phi) is 36.3. The topological polar surface area (TPSA) is 97.7 Å². The molecular formula is C42H88N2O5S. The molecule has 7 nitrogen and oxygen atoms in total. The molecule has 8 heteroatoms. The van der Waals surface area contributed by atoms with Gasteiger partial charge in [-0.2, -0.15) is 0 Å². The minimum Gasteiger partial charge on any atom is -0.748 e. The third-order valence-corrected chi connectivity index (χ3v) is 10.8. The second kappa shape index (κ2) is 35.3. The molecule has 0 saturated heterocycles. The van der Waals surface area contributed by atoms with Gasteiger partial charge < -0.3 is 14.1 Å². The maximum absolute atomic E-state index is 11.2. The summed E-state index contributed by atoms with van der Waals surface area (Å²) in [7, 11) is 1.39. The summed E-state index contributed by atoms with van der Waals surface area (Å²) in [4.78, 5) is 12.5. The lowest BCUT2D eigenvalue weighted by atomic mass is 10.0. The molecule has 0 fully saturated rings. The fourth-order valence-corrected chi connectivity index (χ4v) is 7.43. The van der Waals surface area contributed by atoms with Crippen molar-refractivity contribution in [3.05, 3.63) is 0 Å². The van der Waals surface area contributed by atoms with Crippen molar-refractivity contribution in [2.45, 2.75) is 226 Å². The second-order valence-corrected chi connectivity index (χ2v) is 18.0. The van der Waals surface area contributed by atoms with Crippen LogP contribution in [0.4, 0.5) is 0 Å². The third kappa shape index (κ3) is 41.7. The average Bonchev–Trinajstić information content (AvgIpc) is 3.02. The van der Waals surface area contributed by atoms with Crippen LogP contribution in [0.3, 0.4) is 0 Å². The van der Waals surface area contributed by atoms with Gasteiger partial charge in [0.05, 0.1) is 31.3 Å². The number of rotatable bonds is 36. The van der Waals surface area contributed by atoms with Crippen molar-refractivity contribution < 1.29 is 27.4 Å². The van der Waals surface area contributed by atoms with Crippen LogP contribution in [0.5, 0.6) is 0 Å². The van der Waals surface area contributed by atoms with Gasteiger partial charge in [-0.25, -0.2) is 13.2 Å². The lowest BCUT2D eigenvalue weighted by Crippen LogP contribution is -2.41. The highest BCUT2D eigenvalue weighted by atomic mass is 32.2. The lowest BCUT2D eigenvalue weighted by molar-refractivity contribution is -0.862. The number of hydrogen-bond donors (Lipinski definition) is 1. The van der Waals surface area contributed by atoms with Gasteiger partial charge >= 0.3 is 5.97 Å². The highest BCUT2D eigenvalue weighted by Gasteiger charge is 2.20. The molecule has 0 spiro atoms. The van der Waals surface area contributed by atoms with Gasteiger partial charge in [0.1, 0.15) is 0 Å². The molecule has 0 heterocycles. The SMILES string of the molecule is CCCCCCCCCCCCCCCC(C)N(CCCS(=O)(=O)[O-])C(C)CCCCCCCCCCCCCCC.C[N+](C)(C)CC(=O)O. The number of aliphatic carboxylic acids is 1. The molecule has 0 amide bonds. The van der Waals surface area contributed by atoms with E-state index in [2.05, 4.69) is 32.6 Å². The average molecular weight is 733 g/mol. The summed E-state index contributed by atoms with van der Waals surface area (Å²) in [5.41, 5.74) is 0. The molecule has 0 rings (SSSR count). The fourth-order valence-electron chi connectivity index (χ4n) is 6.95. The Morgan fingerprint density at radius 2 is 0.840 bits per heavy atom. The number of hydrogen-bond acceptors (Lipinski definition) is 5. The smallest absolute Gasteiger partial charge is 0.359 e. The van der Waals surface area contributed by atoms with E-state index in [0.29, 0.717) is 23.0 Å². The minimum absolute atomic E-state index is 0.181. The molecule has 0 aliphatic carbocycles. The Morgan fingerprint density at radius 3 is 1.06 bits per heavy atom. The van der Waals surface area contributed by atoms with E-state index in [-0.39, 0.29) is 12.3 Å². The molecule has 0 aromatic heterocycles. The van der Waals surface area contributed by atoms with Gasteiger partial charge in [0.2, 0.25) is 0 Å². The summed E-state index contributed by atoms with van der Waals surface area (Å²) in [6.45, 7) is 10.1. The first-order valence-electron chi connectivity index (χ1n) is 21.4. The molecule has 50 heavy (non-hydrogen) atoms. The van der Waals surface area contributed by atoms with E-state index in [4.69, 9.17) is 5.11 Å². The van der Waals surface area contributed by atoms with Crippen LogP contribution in [-0.4, -0.2) is 85.5 Å². The molecule has 1 N–H and O–H groups in total. The number of carboxylic acids is 1. The number of likely N-dealkylation sites (N-methyl/N-ethyl adjacent to an activating group) is 1. The van der Waals surface area contributed by atoms with Gasteiger partial charge in [-0.15, -0.1) is 0 Å². The highest BCUT2D eigenvalue weighted by molar-refractivity contribution is 7.85. The third-order valence-electron chi connectivity index (χ3n) is 10.0. The molecule has 0 saturated carbocycles. The van der Waals surface area contributed by atoms with Crippen molar-refractivity contribution >= 4 is 16.1 Å². The quantitative estimate of drug-likeness (QED) is 0.0391. The maximum atomic E-state index is 11.2. The Hall–Kier alpha value is -0.700. The van der Waals surface area contributed by atoms with Crippen molar-refractivity contribution in [1.82, 2.24) is 4.90 Å². The minimum atomic E-state index is -4.13. The van der Waals surface area contributed by atoms with E-state index >= 15 is 0 Å². The zero-order chi connectivity index (χ0) is 37.9. The molecule has 2 atom stereocenters.